The van der Waals surface area contributed by atoms with Gasteiger partial charge in [-0.05, 0) is 57.7 Å². The molecule has 5 nitrogen and oxygen atoms in total. The van der Waals surface area contributed by atoms with Crippen LogP contribution in [-0.2, 0) is 12.8 Å². The van der Waals surface area contributed by atoms with Gasteiger partial charge in [-0.3, -0.25) is 4.79 Å². The predicted molar refractivity (Wildman–Crippen MR) is 91.1 cm³/mol. The number of nitrogens with zero attached hydrogens (tertiary/aromatic N) is 2. The van der Waals surface area contributed by atoms with Crippen molar-refractivity contribution in [1.29, 1.82) is 0 Å². The molecule has 3 N–H and O–H groups in total. The number of aromatic nitrogens is 2. The first kappa shape index (κ1) is 15.7. The molecule has 3 rings (SSSR count). The molecule has 0 radical (unpaired) electrons. The second-order valence-electron chi connectivity index (χ2n) is 6.23. The van der Waals surface area contributed by atoms with Gasteiger partial charge >= 0.3 is 0 Å². The van der Waals surface area contributed by atoms with Gasteiger partial charge in [0.15, 0.2) is 5.69 Å². The van der Waals surface area contributed by atoms with Crippen molar-refractivity contribution in [2.45, 2.75) is 39.5 Å². The van der Waals surface area contributed by atoms with E-state index in [2.05, 4.69) is 42.5 Å². The van der Waals surface area contributed by atoms with Gasteiger partial charge in [0.25, 0.3) is 5.91 Å². The molecule has 0 bridgehead atoms. The Balaban J connectivity index is 1.97. The standard InChI is InChI=1S/C18H24N4O/c1-12-7-8-15(13(2)11-12)22-16-6-3-5-14(16)17(21-22)18(23)20-10-4-9-19/h7-8,11H,3-6,9-10,19H2,1-2H3,(H,20,23). The van der Waals surface area contributed by atoms with E-state index >= 15 is 0 Å². The third-order valence-corrected chi connectivity index (χ3v) is 4.39. The molecule has 0 unspecified atom stereocenters. The maximum absolute atomic E-state index is 12.4. The lowest BCUT2D eigenvalue weighted by Gasteiger charge is -2.09. The highest BCUT2D eigenvalue weighted by molar-refractivity contribution is 5.94. The Morgan fingerprint density at radius 2 is 2.17 bits per heavy atom. The average molecular weight is 312 g/mol. The maximum Gasteiger partial charge on any atom is 0.272 e. The van der Waals surface area contributed by atoms with Gasteiger partial charge < -0.3 is 11.1 Å². The lowest BCUT2D eigenvalue weighted by Crippen LogP contribution is -2.27. The highest BCUT2D eigenvalue weighted by Crippen LogP contribution is 2.29. The summed E-state index contributed by atoms with van der Waals surface area (Å²) in [5.41, 5.74) is 11.8. The molecule has 0 fully saturated rings. The molecule has 0 spiro atoms. The second-order valence-corrected chi connectivity index (χ2v) is 6.23. The fourth-order valence-corrected chi connectivity index (χ4v) is 3.25. The van der Waals surface area contributed by atoms with Crippen LogP contribution in [0.4, 0.5) is 0 Å². The van der Waals surface area contributed by atoms with Crippen molar-refractivity contribution >= 4 is 5.91 Å². The molecule has 23 heavy (non-hydrogen) atoms. The molecule has 1 aliphatic rings. The lowest BCUT2D eigenvalue weighted by atomic mass is 10.1. The summed E-state index contributed by atoms with van der Waals surface area (Å²) in [5, 5.41) is 7.57. The number of carbonyl (C=O) groups excluding carboxylic acids is 1. The molecular formula is C18H24N4O. The molecule has 1 aromatic carbocycles. The molecular weight excluding hydrogens is 288 g/mol. The minimum absolute atomic E-state index is 0.0832. The molecule has 5 heteroatoms. The first-order chi connectivity index (χ1) is 11.1. The van der Waals surface area contributed by atoms with Gasteiger partial charge in [0.1, 0.15) is 0 Å². The van der Waals surface area contributed by atoms with Gasteiger partial charge in [0.2, 0.25) is 0 Å². The van der Waals surface area contributed by atoms with Crippen molar-refractivity contribution in [3.63, 3.8) is 0 Å². The molecule has 0 saturated carbocycles. The quantitative estimate of drug-likeness (QED) is 0.830. The number of benzene rings is 1. The van der Waals surface area contributed by atoms with Crippen LogP contribution in [0.1, 0.15) is 45.7 Å². The topological polar surface area (TPSA) is 72.9 Å². The Morgan fingerprint density at radius 1 is 1.35 bits per heavy atom. The molecule has 1 heterocycles. The zero-order chi connectivity index (χ0) is 16.4. The van der Waals surface area contributed by atoms with E-state index in [1.165, 1.54) is 16.8 Å². The van der Waals surface area contributed by atoms with Crippen LogP contribution in [0.2, 0.25) is 0 Å². The van der Waals surface area contributed by atoms with Crippen LogP contribution in [0.25, 0.3) is 5.69 Å². The first-order valence-electron chi connectivity index (χ1n) is 8.28. The van der Waals surface area contributed by atoms with Crippen molar-refractivity contribution < 1.29 is 4.79 Å². The SMILES string of the molecule is Cc1ccc(-n2nc(C(=O)NCCCN)c3c2CCC3)c(C)c1. The van der Waals surface area contributed by atoms with Crippen LogP contribution in [0.3, 0.4) is 0 Å². The number of amides is 1. The fraction of sp³-hybridized carbons (Fsp3) is 0.444. The van der Waals surface area contributed by atoms with E-state index in [0.29, 0.717) is 18.8 Å². The summed E-state index contributed by atoms with van der Waals surface area (Å²) < 4.78 is 1.97. The van der Waals surface area contributed by atoms with Crippen LogP contribution in [0, 0.1) is 13.8 Å². The summed E-state index contributed by atoms with van der Waals surface area (Å²) in [6.07, 6.45) is 3.78. The molecule has 122 valence electrons. The average Bonchev–Trinajstić information content (AvgIpc) is 3.10. The third kappa shape index (κ3) is 3.01. The predicted octanol–water partition coefficient (Wildman–Crippen LogP) is 2.06. The zero-order valence-corrected chi connectivity index (χ0v) is 13.9. The lowest BCUT2D eigenvalue weighted by molar-refractivity contribution is 0.0947. The summed E-state index contributed by atoms with van der Waals surface area (Å²) >= 11 is 0. The highest BCUT2D eigenvalue weighted by atomic mass is 16.1. The normalized spacial score (nSPS) is 13.2. The van der Waals surface area contributed by atoms with Crippen LogP contribution >= 0.6 is 0 Å². The van der Waals surface area contributed by atoms with Crippen molar-refractivity contribution in [1.82, 2.24) is 15.1 Å². The van der Waals surface area contributed by atoms with Crippen LogP contribution in [-0.4, -0.2) is 28.8 Å². The number of rotatable bonds is 5. The van der Waals surface area contributed by atoms with Gasteiger partial charge in [0, 0.05) is 17.8 Å². The number of fused-ring (bicyclic) bond motifs is 1. The van der Waals surface area contributed by atoms with Gasteiger partial charge in [0.05, 0.1) is 5.69 Å². The second kappa shape index (κ2) is 6.54. The van der Waals surface area contributed by atoms with E-state index in [0.717, 1.165) is 36.9 Å². The molecule has 0 atom stereocenters. The number of nitrogens with two attached hydrogens (primary N) is 1. The Kier molecular flexibility index (Phi) is 4.48. The Labute approximate surface area is 136 Å². The molecule has 2 aromatic rings. The van der Waals surface area contributed by atoms with Gasteiger partial charge in [-0.15, -0.1) is 0 Å². The van der Waals surface area contributed by atoms with Crippen molar-refractivity contribution in [3.05, 3.63) is 46.3 Å². The highest BCUT2D eigenvalue weighted by Gasteiger charge is 2.27. The minimum Gasteiger partial charge on any atom is -0.351 e. The smallest absolute Gasteiger partial charge is 0.272 e. The number of nitrogens with one attached hydrogen (secondary N) is 1. The number of hydrogen-bond acceptors (Lipinski definition) is 3. The van der Waals surface area contributed by atoms with E-state index in [4.69, 9.17) is 5.73 Å². The molecule has 1 aromatic heterocycles. The van der Waals surface area contributed by atoms with E-state index in [-0.39, 0.29) is 5.91 Å². The van der Waals surface area contributed by atoms with Crippen molar-refractivity contribution in [2.24, 2.45) is 5.73 Å². The van der Waals surface area contributed by atoms with Gasteiger partial charge in [-0.1, -0.05) is 17.7 Å². The Hall–Kier alpha value is -2.14. The van der Waals surface area contributed by atoms with Crippen LogP contribution in [0.15, 0.2) is 18.2 Å². The number of hydrogen-bond donors (Lipinski definition) is 2. The van der Waals surface area contributed by atoms with E-state index in [1.54, 1.807) is 0 Å². The van der Waals surface area contributed by atoms with Gasteiger partial charge in [-0.2, -0.15) is 5.10 Å². The Morgan fingerprint density at radius 3 is 2.91 bits per heavy atom. The van der Waals surface area contributed by atoms with Gasteiger partial charge in [-0.25, -0.2) is 4.68 Å². The first-order valence-corrected chi connectivity index (χ1v) is 8.28. The largest absolute Gasteiger partial charge is 0.351 e. The summed E-state index contributed by atoms with van der Waals surface area (Å²) in [6.45, 7) is 5.35. The molecule has 0 saturated heterocycles. The van der Waals surface area contributed by atoms with E-state index < -0.39 is 0 Å². The summed E-state index contributed by atoms with van der Waals surface area (Å²) in [7, 11) is 0. The van der Waals surface area contributed by atoms with Crippen LogP contribution < -0.4 is 11.1 Å². The van der Waals surface area contributed by atoms with Crippen molar-refractivity contribution in [3.8, 4) is 5.69 Å². The zero-order valence-electron chi connectivity index (χ0n) is 13.9. The van der Waals surface area contributed by atoms with E-state index in [9.17, 15) is 4.79 Å². The molecule has 1 aliphatic carbocycles. The number of carbonyl (C=O) groups is 1. The number of aryl methyl sites for hydroxylation is 2. The fourth-order valence-electron chi connectivity index (χ4n) is 3.25. The van der Waals surface area contributed by atoms with Crippen LogP contribution in [0.5, 0.6) is 0 Å². The minimum atomic E-state index is -0.0832. The summed E-state index contributed by atoms with van der Waals surface area (Å²) in [6, 6.07) is 6.33. The third-order valence-electron chi connectivity index (χ3n) is 4.39. The Bertz CT molecular complexity index is 733. The summed E-state index contributed by atoms with van der Waals surface area (Å²) in [5.74, 6) is -0.0832. The maximum atomic E-state index is 12.4. The molecule has 0 aliphatic heterocycles. The summed E-state index contributed by atoms with van der Waals surface area (Å²) in [4.78, 5) is 12.4. The monoisotopic (exact) mass is 312 g/mol. The van der Waals surface area contributed by atoms with E-state index in [1.807, 2.05) is 4.68 Å². The molecule has 1 amide bonds. The van der Waals surface area contributed by atoms with Crippen molar-refractivity contribution in [2.75, 3.05) is 13.1 Å².